The number of carbonyl (C=O) groups excluding carboxylic acids is 1. The Balaban J connectivity index is 1.88. The maximum Gasteiger partial charge on any atom is 0.274 e. The number of hydrogen-bond donors (Lipinski definition) is 1. The smallest absolute Gasteiger partial charge is 0.274 e. The predicted octanol–water partition coefficient (Wildman–Crippen LogP) is 3.20. The Hall–Kier alpha value is -2.19. The number of rotatable bonds is 3. The third-order valence-electron chi connectivity index (χ3n) is 4.53. The van der Waals surface area contributed by atoms with Crippen LogP contribution in [0.3, 0.4) is 0 Å². The molecule has 118 valence electrons. The van der Waals surface area contributed by atoms with Gasteiger partial charge in [-0.25, -0.2) is 0 Å². The van der Waals surface area contributed by atoms with Crippen molar-refractivity contribution in [3.63, 3.8) is 0 Å². The first-order valence-electron chi connectivity index (χ1n) is 8.02. The molecule has 0 atom stereocenters. The molecule has 0 spiro atoms. The van der Waals surface area contributed by atoms with E-state index in [1.807, 2.05) is 23.1 Å². The van der Waals surface area contributed by atoms with Gasteiger partial charge in [-0.05, 0) is 48.7 Å². The van der Waals surface area contributed by atoms with Crippen molar-refractivity contribution in [2.75, 3.05) is 6.54 Å². The summed E-state index contributed by atoms with van der Waals surface area (Å²) in [5.74, 6) is 0.391. The molecule has 0 unspecified atom stereocenters. The topological polar surface area (TPSA) is 56.1 Å². The largest absolute Gasteiger partial charge is 0.314 e. The Bertz CT molecular complexity index is 698. The normalized spacial score (nSPS) is 20.7. The molecule has 1 saturated carbocycles. The summed E-state index contributed by atoms with van der Waals surface area (Å²) in [6.07, 6.45) is 7.96. The molecule has 5 heteroatoms. The second-order valence-electron chi connectivity index (χ2n) is 6.10. The minimum atomic E-state index is -0.182. The molecule has 1 aliphatic carbocycles. The van der Waals surface area contributed by atoms with Gasteiger partial charge in [-0.1, -0.05) is 37.5 Å². The van der Waals surface area contributed by atoms with E-state index in [0.29, 0.717) is 22.3 Å². The molecule has 2 fully saturated rings. The molecule has 1 aromatic carbocycles. The van der Waals surface area contributed by atoms with Crippen LogP contribution in [0.2, 0.25) is 0 Å². The van der Waals surface area contributed by atoms with Crippen molar-refractivity contribution < 1.29 is 4.79 Å². The van der Waals surface area contributed by atoms with Gasteiger partial charge < -0.3 is 4.90 Å². The number of hydrogen-bond acceptors (Lipinski definition) is 3. The van der Waals surface area contributed by atoms with E-state index in [1.54, 1.807) is 12.1 Å². The second-order valence-corrected chi connectivity index (χ2v) is 6.49. The summed E-state index contributed by atoms with van der Waals surface area (Å²) in [6.45, 7) is 0.776. The van der Waals surface area contributed by atoms with Crippen LogP contribution in [0.1, 0.15) is 43.2 Å². The summed E-state index contributed by atoms with van der Waals surface area (Å²) in [6, 6.07) is 9.45. The summed E-state index contributed by atoms with van der Waals surface area (Å²) >= 11 is 5.33. The van der Waals surface area contributed by atoms with Crippen LogP contribution in [0.25, 0.3) is 6.08 Å². The minimum absolute atomic E-state index is 0.182. The van der Waals surface area contributed by atoms with E-state index in [0.717, 1.165) is 12.1 Å². The van der Waals surface area contributed by atoms with Crippen LogP contribution in [0, 0.1) is 17.2 Å². The first-order valence-corrected chi connectivity index (χ1v) is 8.43. The molecule has 2 aliphatic rings. The molecule has 1 aliphatic heterocycles. The lowest BCUT2D eigenvalue weighted by Gasteiger charge is -2.27. The van der Waals surface area contributed by atoms with Crippen molar-refractivity contribution in [3.05, 3.63) is 41.1 Å². The molecule has 0 radical (unpaired) electrons. The van der Waals surface area contributed by atoms with Crippen LogP contribution in [-0.2, 0) is 4.79 Å². The lowest BCUT2D eigenvalue weighted by atomic mass is 9.89. The fourth-order valence-corrected chi connectivity index (χ4v) is 3.55. The van der Waals surface area contributed by atoms with Crippen LogP contribution >= 0.6 is 12.2 Å². The maximum absolute atomic E-state index is 12.2. The zero-order valence-electron chi connectivity index (χ0n) is 12.9. The number of benzene rings is 1. The van der Waals surface area contributed by atoms with Gasteiger partial charge >= 0.3 is 0 Å². The fraction of sp³-hybridized carbons (Fsp3) is 0.389. The van der Waals surface area contributed by atoms with Gasteiger partial charge in [0.25, 0.3) is 5.91 Å². The summed E-state index contributed by atoms with van der Waals surface area (Å²) in [5.41, 5.74) is 1.85. The van der Waals surface area contributed by atoms with Crippen molar-refractivity contribution in [1.82, 2.24) is 10.2 Å². The Morgan fingerprint density at radius 3 is 2.78 bits per heavy atom. The van der Waals surface area contributed by atoms with Gasteiger partial charge in [0.05, 0.1) is 11.6 Å². The SMILES string of the molecule is N#Cc1ccccc1/C=C1\C(=O)NC(=S)N1CC1CCCCC1. The standard InChI is InChI=1S/C18H19N3OS/c19-11-15-9-5-4-8-14(15)10-16-17(22)20-18(23)21(16)12-13-6-2-1-3-7-13/h4-5,8-10,13H,1-3,6-7,12H2,(H,20,22,23)/b16-10+. The van der Waals surface area contributed by atoms with Gasteiger partial charge in [0.2, 0.25) is 0 Å². The minimum Gasteiger partial charge on any atom is -0.314 e. The van der Waals surface area contributed by atoms with Crippen molar-refractivity contribution in [2.24, 2.45) is 5.92 Å². The van der Waals surface area contributed by atoms with Gasteiger partial charge in [0.1, 0.15) is 5.70 Å². The molecule has 3 rings (SSSR count). The number of thiocarbonyl (C=S) groups is 1. The molecule has 1 amide bonds. The first-order chi connectivity index (χ1) is 11.2. The average Bonchev–Trinajstić information content (AvgIpc) is 2.83. The molecule has 0 bridgehead atoms. The maximum atomic E-state index is 12.2. The Labute approximate surface area is 141 Å². The van der Waals surface area contributed by atoms with Gasteiger partial charge in [-0.3, -0.25) is 10.1 Å². The van der Waals surface area contributed by atoms with E-state index in [4.69, 9.17) is 12.2 Å². The highest BCUT2D eigenvalue weighted by Crippen LogP contribution is 2.27. The zero-order chi connectivity index (χ0) is 16.2. The van der Waals surface area contributed by atoms with Gasteiger partial charge in [-0.2, -0.15) is 5.26 Å². The molecule has 1 saturated heterocycles. The average molecular weight is 325 g/mol. The molecule has 1 heterocycles. The van der Waals surface area contributed by atoms with Crippen molar-refractivity contribution >= 4 is 29.3 Å². The third kappa shape index (κ3) is 3.43. The van der Waals surface area contributed by atoms with Gasteiger partial charge in [0, 0.05) is 6.54 Å². The number of carbonyl (C=O) groups is 1. The Morgan fingerprint density at radius 2 is 2.04 bits per heavy atom. The van der Waals surface area contributed by atoms with Gasteiger partial charge in [-0.15, -0.1) is 0 Å². The molecule has 0 aromatic heterocycles. The second kappa shape index (κ2) is 6.93. The first kappa shape index (κ1) is 15.7. The number of nitriles is 1. The van der Waals surface area contributed by atoms with Crippen LogP contribution in [0.15, 0.2) is 30.0 Å². The summed E-state index contributed by atoms with van der Waals surface area (Å²) in [7, 11) is 0. The molecule has 4 nitrogen and oxygen atoms in total. The highest BCUT2D eigenvalue weighted by atomic mass is 32.1. The lowest BCUT2D eigenvalue weighted by molar-refractivity contribution is -0.115. The molecule has 1 N–H and O–H groups in total. The lowest BCUT2D eigenvalue weighted by Crippen LogP contribution is -2.32. The fourth-order valence-electron chi connectivity index (χ4n) is 3.29. The van der Waals surface area contributed by atoms with Crippen LogP contribution in [-0.4, -0.2) is 22.5 Å². The van der Waals surface area contributed by atoms with Crippen molar-refractivity contribution in [1.29, 1.82) is 5.26 Å². The summed E-state index contributed by atoms with van der Waals surface area (Å²) in [4.78, 5) is 14.2. The number of amides is 1. The van der Waals surface area contributed by atoms with Crippen LogP contribution in [0.5, 0.6) is 0 Å². The van der Waals surface area contributed by atoms with Crippen LogP contribution < -0.4 is 5.32 Å². The highest BCUT2D eigenvalue weighted by molar-refractivity contribution is 7.80. The molecular formula is C18H19N3OS. The Morgan fingerprint density at radius 1 is 1.30 bits per heavy atom. The number of nitrogens with zero attached hydrogens (tertiary/aromatic N) is 2. The van der Waals surface area contributed by atoms with Crippen molar-refractivity contribution in [3.8, 4) is 6.07 Å². The van der Waals surface area contributed by atoms with Crippen molar-refractivity contribution in [2.45, 2.75) is 32.1 Å². The number of nitrogens with one attached hydrogen (secondary N) is 1. The molecular weight excluding hydrogens is 306 g/mol. The van der Waals surface area contributed by atoms with E-state index in [-0.39, 0.29) is 5.91 Å². The molecule has 1 aromatic rings. The Kier molecular flexibility index (Phi) is 4.73. The quantitative estimate of drug-likeness (QED) is 0.685. The van der Waals surface area contributed by atoms with E-state index in [9.17, 15) is 10.1 Å². The van der Waals surface area contributed by atoms with E-state index in [2.05, 4.69) is 11.4 Å². The zero-order valence-corrected chi connectivity index (χ0v) is 13.7. The monoisotopic (exact) mass is 325 g/mol. The van der Waals surface area contributed by atoms with Crippen LogP contribution in [0.4, 0.5) is 0 Å². The van der Waals surface area contributed by atoms with E-state index >= 15 is 0 Å². The highest BCUT2D eigenvalue weighted by Gasteiger charge is 2.32. The van der Waals surface area contributed by atoms with E-state index < -0.39 is 0 Å². The molecule has 23 heavy (non-hydrogen) atoms. The van der Waals surface area contributed by atoms with Gasteiger partial charge in [0.15, 0.2) is 5.11 Å². The van der Waals surface area contributed by atoms with E-state index in [1.165, 1.54) is 32.1 Å². The third-order valence-corrected chi connectivity index (χ3v) is 4.85. The summed E-state index contributed by atoms with van der Waals surface area (Å²) < 4.78 is 0. The predicted molar refractivity (Wildman–Crippen MR) is 93.2 cm³/mol. The summed E-state index contributed by atoms with van der Waals surface area (Å²) in [5, 5.41) is 12.4.